The molecule has 1 saturated carbocycles. The second-order valence-corrected chi connectivity index (χ2v) is 9.06. The van der Waals surface area contributed by atoms with Crippen LogP contribution in [-0.2, 0) is 16.4 Å². The molecule has 182 valence electrons. The minimum atomic E-state index is -4.87. The van der Waals surface area contributed by atoms with Crippen molar-refractivity contribution < 1.29 is 30.6 Å². The highest BCUT2D eigenvalue weighted by atomic mass is 32.2. The van der Waals surface area contributed by atoms with Gasteiger partial charge in [-0.05, 0) is 72.9 Å². The van der Waals surface area contributed by atoms with Crippen molar-refractivity contribution in [3.8, 4) is 0 Å². The molecule has 0 bridgehead atoms. The molecule has 0 spiro atoms. The highest BCUT2D eigenvalue weighted by molar-refractivity contribution is 7.87. The van der Waals surface area contributed by atoms with Gasteiger partial charge in [-0.2, -0.15) is 26.0 Å². The molecule has 1 fully saturated rings. The Morgan fingerprint density at radius 3 is 2.55 bits per heavy atom. The van der Waals surface area contributed by atoms with Crippen LogP contribution in [0, 0.1) is 11.7 Å². The first-order valence-electron chi connectivity index (χ1n) is 9.69. The summed E-state index contributed by atoms with van der Waals surface area (Å²) in [6.45, 7) is 0.250. The summed E-state index contributed by atoms with van der Waals surface area (Å²) in [6.07, 6.45) is -2.04. The average molecular weight is 512 g/mol. The van der Waals surface area contributed by atoms with E-state index in [4.69, 9.17) is 9.77 Å². The zero-order valence-corrected chi connectivity index (χ0v) is 18.6. The number of nitrogens with two attached hydrogens (primary N) is 1. The summed E-state index contributed by atoms with van der Waals surface area (Å²) in [5.41, 5.74) is -1.45. The Bertz CT molecular complexity index is 1100. The average Bonchev–Trinajstić information content (AvgIpc) is 3.19. The molecule has 0 atom stereocenters. The minimum Gasteiger partial charge on any atom is -0.363 e. The minimum absolute atomic E-state index is 0.0368. The molecule has 3 rings (SSSR count). The van der Waals surface area contributed by atoms with Crippen LogP contribution in [0.3, 0.4) is 0 Å². The van der Waals surface area contributed by atoms with E-state index in [1.807, 2.05) is 0 Å². The largest absolute Gasteiger partial charge is 0.419 e. The number of hydrogen-bond donors (Lipinski definition) is 5. The Balaban J connectivity index is 1.65. The van der Waals surface area contributed by atoms with Crippen LogP contribution in [0.2, 0.25) is 0 Å². The van der Waals surface area contributed by atoms with Crippen LogP contribution in [0.1, 0.15) is 36.9 Å². The highest BCUT2D eigenvalue weighted by Crippen LogP contribution is 2.33. The smallest absolute Gasteiger partial charge is 0.363 e. The van der Waals surface area contributed by atoms with Gasteiger partial charge in [0.05, 0.1) is 5.56 Å². The molecule has 1 aromatic carbocycles. The van der Waals surface area contributed by atoms with E-state index >= 15 is 0 Å². The molecule has 0 amide bonds. The SMILES string of the molecule is NS(=O)(=O)NCC1CCC(Nc2nonc2/C(=N/S)Nc2ccc(F)c(C(F)(F)F)c2)CC1. The van der Waals surface area contributed by atoms with Crippen LogP contribution in [0.25, 0.3) is 0 Å². The third-order valence-corrected chi connectivity index (χ3v) is 5.88. The maximum Gasteiger partial charge on any atom is 0.419 e. The Kier molecular flexibility index (Phi) is 7.81. The number of amidine groups is 1. The van der Waals surface area contributed by atoms with Crippen LogP contribution in [-0.4, -0.2) is 37.2 Å². The number of hydrogen-bond acceptors (Lipinski definition) is 8. The summed E-state index contributed by atoms with van der Waals surface area (Å²) in [6, 6.07) is 2.36. The van der Waals surface area contributed by atoms with Gasteiger partial charge in [0.25, 0.3) is 10.2 Å². The van der Waals surface area contributed by atoms with E-state index in [-0.39, 0.29) is 41.5 Å². The molecule has 0 radical (unpaired) electrons. The van der Waals surface area contributed by atoms with Gasteiger partial charge in [0.2, 0.25) is 5.82 Å². The normalized spacial score (nSPS) is 20.0. The lowest BCUT2D eigenvalue weighted by molar-refractivity contribution is -0.139. The molecule has 2 aromatic rings. The van der Waals surface area contributed by atoms with Crippen molar-refractivity contribution in [2.24, 2.45) is 15.5 Å². The first-order valence-corrected chi connectivity index (χ1v) is 11.6. The maximum atomic E-state index is 13.5. The fourth-order valence-electron chi connectivity index (χ4n) is 3.47. The number of nitrogens with one attached hydrogen (secondary N) is 3. The van der Waals surface area contributed by atoms with Crippen LogP contribution < -0.4 is 20.5 Å². The quantitative estimate of drug-likeness (QED) is 0.166. The lowest BCUT2D eigenvalue weighted by Gasteiger charge is -2.29. The molecule has 16 heteroatoms. The Morgan fingerprint density at radius 1 is 1.24 bits per heavy atom. The molecule has 0 saturated heterocycles. The fraction of sp³-hybridized carbons (Fsp3) is 0.471. The summed E-state index contributed by atoms with van der Waals surface area (Å²) in [5.74, 6) is -1.14. The van der Waals surface area contributed by atoms with Crippen LogP contribution in [0.5, 0.6) is 0 Å². The first kappa shape index (κ1) is 25.2. The van der Waals surface area contributed by atoms with Gasteiger partial charge in [-0.3, -0.25) is 0 Å². The van der Waals surface area contributed by atoms with Crippen LogP contribution >= 0.6 is 12.8 Å². The topological polar surface area (TPSA) is 148 Å². The summed E-state index contributed by atoms with van der Waals surface area (Å²) in [4.78, 5) is 0. The Morgan fingerprint density at radius 2 is 1.94 bits per heavy atom. The summed E-state index contributed by atoms with van der Waals surface area (Å²) >= 11 is 3.83. The lowest BCUT2D eigenvalue weighted by Crippen LogP contribution is -2.37. The molecule has 1 aliphatic rings. The van der Waals surface area contributed by atoms with Gasteiger partial charge < -0.3 is 10.6 Å². The maximum absolute atomic E-state index is 13.5. The van der Waals surface area contributed by atoms with Crippen molar-refractivity contribution in [3.05, 3.63) is 35.3 Å². The van der Waals surface area contributed by atoms with Gasteiger partial charge in [0.15, 0.2) is 11.5 Å². The monoisotopic (exact) mass is 511 g/mol. The second-order valence-electron chi connectivity index (χ2n) is 7.48. The standard InChI is InChI=1S/C17H21F4N7O3S2/c18-13-6-5-11(7-12(13)17(19,20)21)25-16(28-32)14-15(27-31-26-14)24-10-3-1-9(2-4-10)8-23-33(22,29)30/h5-7,9-10,23,32H,1-4,8H2,(H,24,27)(H,25,28)(H2,22,29,30). The number of thiol groups is 1. The van der Waals surface area contributed by atoms with Crippen molar-refractivity contribution >= 4 is 40.4 Å². The molecule has 1 aromatic heterocycles. The molecule has 0 unspecified atom stereocenters. The van der Waals surface area contributed by atoms with Crippen LogP contribution in [0.15, 0.2) is 27.2 Å². The third-order valence-electron chi connectivity index (χ3n) is 5.11. The number of halogens is 4. The first-order chi connectivity index (χ1) is 15.5. The molecule has 1 heterocycles. The highest BCUT2D eigenvalue weighted by Gasteiger charge is 2.34. The summed E-state index contributed by atoms with van der Waals surface area (Å²) in [7, 11) is -3.74. The fourth-order valence-corrected chi connectivity index (χ4v) is 4.08. The number of anilines is 2. The van der Waals surface area contributed by atoms with Crippen molar-refractivity contribution in [2.75, 3.05) is 17.2 Å². The molecule has 10 nitrogen and oxygen atoms in total. The number of alkyl halides is 3. The number of nitrogens with zero attached hydrogens (tertiary/aromatic N) is 3. The zero-order valence-electron chi connectivity index (χ0n) is 16.9. The lowest BCUT2D eigenvalue weighted by atomic mass is 9.86. The van der Waals surface area contributed by atoms with Gasteiger partial charge in [-0.15, -0.1) is 0 Å². The summed E-state index contributed by atoms with van der Waals surface area (Å²) < 4.78 is 85.3. The molecule has 33 heavy (non-hydrogen) atoms. The third kappa shape index (κ3) is 7.02. The van der Waals surface area contributed by atoms with Crippen molar-refractivity contribution in [3.63, 3.8) is 0 Å². The van der Waals surface area contributed by atoms with Crippen molar-refractivity contribution in [1.82, 2.24) is 15.0 Å². The van der Waals surface area contributed by atoms with Gasteiger partial charge in [-0.25, -0.2) is 18.9 Å². The van der Waals surface area contributed by atoms with E-state index in [0.717, 1.165) is 18.9 Å². The zero-order chi connectivity index (χ0) is 24.2. The molecular formula is C17H21F4N7O3S2. The van der Waals surface area contributed by atoms with Gasteiger partial charge >= 0.3 is 6.18 Å². The molecule has 0 aliphatic heterocycles. The molecule has 5 N–H and O–H groups in total. The van der Waals surface area contributed by atoms with Crippen molar-refractivity contribution in [1.29, 1.82) is 0 Å². The van der Waals surface area contributed by atoms with E-state index in [9.17, 15) is 26.0 Å². The van der Waals surface area contributed by atoms with Gasteiger partial charge in [-0.1, -0.05) is 0 Å². The summed E-state index contributed by atoms with van der Waals surface area (Å²) in [5, 5.41) is 18.2. The van der Waals surface area contributed by atoms with E-state index < -0.39 is 27.8 Å². The van der Waals surface area contributed by atoms with Crippen LogP contribution in [0.4, 0.5) is 29.1 Å². The van der Waals surface area contributed by atoms with E-state index in [1.54, 1.807) is 0 Å². The molecular weight excluding hydrogens is 490 g/mol. The van der Waals surface area contributed by atoms with E-state index in [0.29, 0.717) is 25.0 Å². The predicted molar refractivity (Wildman–Crippen MR) is 115 cm³/mol. The van der Waals surface area contributed by atoms with Crippen molar-refractivity contribution in [2.45, 2.75) is 37.9 Å². The second kappa shape index (κ2) is 10.2. The molecule has 1 aliphatic carbocycles. The number of benzene rings is 1. The van der Waals surface area contributed by atoms with Gasteiger partial charge in [0.1, 0.15) is 5.82 Å². The Labute approximate surface area is 192 Å². The number of rotatable bonds is 7. The Hall–Kier alpha value is -2.43. The van der Waals surface area contributed by atoms with E-state index in [1.165, 1.54) is 0 Å². The van der Waals surface area contributed by atoms with E-state index in [2.05, 4.69) is 42.9 Å². The van der Waals surface area contributed by atoms with Gasteiger partial charge in [0, 0.05) is 18.3 Å². The number of aromatic nitrogens is 2. The predicted octanol–water partition coefficient (Wildman–Crippen LogP) is 2.69.